The van der Waals surface area contributed by atoms with Crippen molar-refractivity contribution in [1.29, 1.82) is 0 Å². The molecule has 0 radical (unpaired) electrons. The number of carboxylic acid groups (broad SMARTS) is 1. The number of methoxy groups -OCH3 is 1. The Morgan fingerprint density at radius 2 is 1.83 bits per heavy atom. The first kappa shape index (κ1) is 19.5. The largest absolute Gasteiger partial charge is 0.481 e. The maximum absolute atomic E-state index is 13.4. The van der Waals surface area contributed by atoms with Gasteiger partial charge in [-0.2, -0.15) is 18.2 Å². The van der Waals surface area contributed by atoms with Crippen LogP contribution in [-0.4, -0.2) is 41.2 Å². The number of benzene rings is 1. The van der Waals surface area contributed by atoms with Gasteiger partial charge >= 0.3 is 12.1 Å². The van der Waals surface area contributed by atoms with Crippen molar-refractivity contribution < 1.29 is 27.8 Å². The highest BCUT2D eigenvalue weighted by atomic mass is 19.4. The van der Waals surface area contributed by atoms with E-state index in [1.807, 2.05) is 4.90 Å². The van der Waals surface area contributed by atoms with Crippen molar-refractivity contribution in [2.45, 2.75) is 24.9 Å². The molecule has 9 heteroatoms. The minimum atomic E-state index is -4.36. The molecule has 4 rings (SSSR count). The molecule has 1 saturated heterocycles. The van der Waals surface area contributed by atoms with E-state index in [4.69, 9.17) is 4.74 Å². The fourth-order valence-corrected chi connectivity index (χ4v) is 4.60. The monoisotopic (exact) mass is 407 g/mol. The van der Waals surface area contributed by atoms with Gasteiger partial charge in [0.15, 0.2) is 5.69 Å². The van der Waals surface area contributed by atoms with Crippen LogP contribution in [0, 0.1) is 11.8 Å². The van der Waals surface area contributed by atoms with E-state index in [9.17, 15) is 23.1 Å². The average Bonchev–Trinajstić information content (AvgIpc) is 3.26. The molecule has 6 nitrogen and oxygen atoms in total. The summed E-state index contributed by atoms with van der Waals surface area (Å²) in [6.45, 7) is 1.17. The molecule has 2 heterocycles. The van der Waals surface area contributed by atoms with E-state index in [2.05, 4.69) is 9.97 Å². The van der Waals surface area contributed by atoms with Gasteiger partial charge in [-0.05, 0) is 42.2 Å². The number of hydrogen-bond acceptors (Lipinski definition) is 5. The summed E-state index contributed by atoms with van der Waals surface area (Å²) in [5.41, 5.74) is -0.336. The Hall–Kier alpha value is -2.84. The fourth-order valence-electron chi connectivity index (χ4n) is 4.60. The highest BCUT2D eigenvalue weighted by Crippen LogP contribution is 2.49. The van der Waals surface area contributed by atoms with Crippen LogP contribution in [0.1, 0.15) is 40.4 Å². The number of nitrogens with zero attached hydrogens (tertiary/aromatic N) is 3. The minimum absolute atomic E-state index is 0.134. The molecule has 1 aliphatic carbocycles. The zero-order valence-electron chi connectivity index (χ0n) is 15.7. The number of anilines is 1. The van der Waals surface area contributed by atoms with Crippen molar-refractivity contribution in [3.8, 4) is 5.88 Å². The number of aromatic carboxylic acids is 1. The predicted octanol–water partition coefficient (Wildman–Crippen LogP) is 3.83. The molecule has 0 amide bonds. The third kappa shape index (κ3) is 3.73. The van der Waals surface area contributed by atoms with E-state index in [1.165, 1.54) is 19.2 Å². The first-order valence-corrected chi connectivity index (χ1v) is 9.33. The molecule has 2 fully saturated rings. The van der Waals surface area contributed by atoms with E-state index in [1.54, 1.807) is 12.1 Å². The summed E-state index contributed by atoms with van der Waals surface area (Å²) in [6, 6.07) is 7.06. The quantitative estimate of drug-likeness (QED) is 0.830. The van der Waals surface area contributed by atoms with Crippen LogP contribution in [0.25, 0.3) is 0 Å². The summed E-state index contributed by atoms with van der Waals surface area (Å²) in [6.07, 6.45) is -3.05. The molecule has 0 bridgehead atoms. The van der Waals surface area contributed by atoms with Gasteiger partial charge in [-0.3, -0.25) is 0 Å². The first-order valence-electron chi connectivity index (χ1n) is 9.33. The Morgan fingerprint density at radius 3 is 2.41 bits per heavy atom. The Labute approximate surface area is 165 Å². The Bertz CT molecular complexity index is 921. The van der Waals surface area contributed by atoms with Gasteiger partial charge in [-0.25, -0.2) is 9.78 Å². The molecule has 0 unspecified atom stereocenters. The van der Waals surface area contributed by atoms with Gasteiger partial charge in [-0.1, -0.05) is 18.2 Å². The molecule has 154 valence electrons. The second-order valence-corrected chi connectivity index (χ2v) is 7.58. The molecule has 2 aromatic rings. The number of halogens is 3. The summed E-state index contributed by atoms with van der Waals surface area (Å²) in [5, 5.41) is 9.23. The normalized spacial score (nSPS) is 23.9. The van der Waals surface area contributed by atoms with Crippen LogP contribution in [0.2, 0.25) is 0 Å². The zero-order chi connectivity index (χ0) is 20.8. The predicted molar refractivity (Wildman–Crippen MR) is 98.2 cm³/mol. The lowest BCUT2D eigenvalue weighted by atomic mass is 9.91. The van der Waals surface area contributed by atoms with E-state index in [0.717, 1.165) is 6.07 Å². The van der Waals surface area contributed by atoms with Crippen molar-refractivity contribution in [2.24, 2.45) is 11.8 Å². The van der Waals surface area contributed by atoms with Crippen molar-refractivity contribution in [3.05, 3.63) is 47.2 Å². The molecule has 29 heavy (non-hydrogen) atoms. The summed E-state index contributed by atoms with van der Waals surface area (Å²) >= 11 is 0. The lowest BCUT2D eigenvalue weighted by molar-refractivity contribution is -0.138. The number of fused-ring (bicyclic) bond motifs is 1. The third-order valence-corrected chi connectivity index (χ3v) is 5.86. The number of alkyl halides is 3. The van der Waals surface area contributed by atoms with Gasteiger partial charge in [0.25, 0.3) is 0 Å². The van der Waals surface area contributed by atoms with E-state index in [0.29, 0.717) is 31.5 Å². The molecule has 1 saturated carbocycles. The highest BCUT2D eigenvalue weighted by Gasteiger charge is 2.44. The van der Waals surface area contributed by atoms with Crippen LogP contribution in [-0.2, 0) is 6.18 Å². The van der Waals surface area contributed by atoms with Gasteiger partial charge < -0.3 is 14.7 Å². The number of carbonyl (C=O) groups is 1. The topological polar surface area (TPSA) is 75.6 Å². The standard InChI is InChI=1S/C20H20F3N3O3/c1-29-17-8-16(18(27)28)24-19(25-17)26-9-12-6-11(7-13(12)10-26)14-4-2-3-5-15(14)20(21,22)23/h2-5,8,11-13H,6-7,9-10H2,1H3,(H,27,28)/t11-,12+,13-. The molecule has 2 aliphatic rings. The number of aromatic nitrogens is 2. The first-order chi connectivity index (χ1) is 13.8. The highest BCUT2D eigenvalue weighted by molar-refractivity contribution is 5.86. The number of hydrogen-bond donors (Lipinski definition) is 1. The Balaban J connectivity index is 1.52. The van der Waals surface area contributed by atoms with Gasteiger partial charge in [0.1, 0.15) is 0 Å². The summed E-state index contributed by atoms with van der Waals surface area (Å²) in [5.74, 6) is -0.431. The van der Waals surface area contributed by atoms with E-state index < -0.39 is 17.7 Å². The molecule has 1 aliphatic heterocycles. The summed E-state index contributed by atoms with van der Waals surface area (Å²) < 4.78 is 45.2. The van der Waals surface area contributed by atoms with Crippen molar-refractivity contribution in [3.63, 3.8) is 0 Å². The average molecular weight is 407 g/mol. The molecule has 1 N–H and O–H groups in total. The Kier molecular flexibility index (Phi) is 4.84. The second kappa shape index (κ2) is 7.20. The molecule has 0 spiro atoms. The van der Waals surface area contributed by atoms with Gasteiger partial charge in [0.2, 0.25) is 11.8 Å². The van der Waals surface area contributed by atoms with Crippen LogP contribution in [0.3, 0.4) is 0 Å². The molecule has 1 aromatic heterocycles. The van der Waals surface area contributed by atoms with Crippen LogP contribution in [0.5, 0.6) is 5.88 Å². The number of ether oxygens (including phenoxy) is 1. The van der Waals surface area contributed by atoms with Crippen molar-refractivity contribution in [2.75, 3.05) is 25.1 Å². The lowest BCUT2D eigenvalue weighted by Gasteiger charge is -2.22. The van der Waals surface area contributed by atoms with Gasteiger partial charge in [-0.15, -0.1) is 0 Å². The van der Waals surface area contributed by atoms with E-state index >= 15 is 0 Å². The summed E-state index contributed by atoms with van der Waals surface area (Å²) in [4.78, 5) is 21.5. The lowest BCUT2D eigenvalue weighted by Crippen LogP contribution is -2.25. The van der Waals surface area contributed by atoms with Crippen LogP contribution in [0.4, 0.5) is 19.1 Å². The molecule has 1 aromatic carbocycles. The van der Waals surface area contributed by atoms with Gasteiger partial charge in [0, 0.05) is 19.2 Å². The van der Waals surface area contributed by atoms with E-state index in [-0.39, 0.29) is 35.3 Å². The third-order valence-electron chi connectivity index (χ3n) is 5.86. The van der Waals surface area contributed by atoms with Crippen LogP contribution in [0.15, 0.2) is 30.3 Å². The minimum Gasteiger partial charge on any atom is -0.481 e. The maximum Gasteiger partial charge on any atom is 0.416 e. The van der Waals surface area contributed by atoms with Crippen LogP contribution >= 0.6 is 0 Å². The number of rotatable bonds is 4. The summed E-state index contributed by atoms with van der Waals surface area (Å²) in [7, 11) is 1.40. The second-order valence-electron chi connectivity index (χ2n) is 7.58. The molecular weight excluding hydrogens is 387 g/mol. The van der Waals surface area contributed by atoms with Gasteiger partial charge in [0.05, 0.1) is 12.7 Å². The SMILES string of the molecule is COc1cc(C(=O)O)nc(N2C[C@H]3C[C@H](c4ccccc4C(F)(F)F)C[C@H]3C2)n1. The zero-order valence-corrected chi connectivity index (χ0v) is 15.7. The molecule has 3 atom stereocenters. The van der Waals surface area contributed by atoms with Crippen molar-refractivity contribution in [1.82, 2.24) is 9.97 Å². The Morgan fingerprint density at radius 1 is 1.17 bits per heavy atom. The molecular formula is C20H20F3N3O3. The van der Waals surface area contributed by atoms with Crippen LogP contribution < -0.4 is 9.64 Å². The fraction of sp³-hybridized carbons (Fsp3) is 0.450. The maximum atomic E-state index is 13.4. The smallest absolute Gasteiger partial charge is 0.416 e. The number of carboxylic acids is 1. The van der Waals surface area contributed by atoms with Crippen molar-refractivity contribution >= 4 is 11.9 Å².